The topological polar surface area (TPSA) is 0 Å². The van der Waals surface area contributed by atoms with Crippen LogP contribution >= 0.6 is 0 Å². The van der Waals surface area contributed by atoms with Crippen molar-refractivity contribution >= 4 is 0 Å². The molecule has 0 atom stereocenters. The van der Waals surface area contributed by atoms with Gasteiger partial charge >= 0.3 is 0 Å². The molecule has 0 aliphatic heterocycles. The Morgan fingerprint density at radius 3 is 1.50 bits per heavy atom. The zero-order chi connectivity index (χ0) is 9.71. The van der Waals surface area contributed by atoms with Crippen LogP contribution in [0.4, 0.5) is 8.78 Å². The Bertz CT molecular complexity index is 480. The predicted octanol–water partition coefficient (Wildman–Crippen LogP) is 3.61. The van der Waals surface area contributed by atoms with Gasteiger partial charge in [-0.1, -0.05) is 24.3 Å². The third-order valence-electron chi connectivity index (χ3n) is 2.57. The van der Waals surface area contributed by atoms with Gasteiger partial charge < -0.3 is 0 Å². The molecule has 0 saturated heterocycles. The van der Waals surface area contributed by atoms with Gasteiger partial charge in [-0.3, -0.25) is 0 Å². The zero-order valence-electron chi connectivity index (χ0n) is 7.22. The van der Waals surface area contributed by atoms with E-state index in [0.717, 1.165) is 11.1 Å². The molecular formula is C12H6F2. The van der Waals surface area contributed by atoms with E-state index < -0.39 is 0 Å². The summed E-state index contributed by atoms with van der Waals surface area (Å²) in [6.07, 6.45) is 0. The summed E-state index contributed by atoms with van der Waals surface area (Å²) in [5, 5.41) is 0. The summed E-state index contributed by atoms with van der Waals surface area (Å²) in [4.78, 5) is 0. The second-order valence-corrected chi connectivity index (χ2v) is 3.32. The molecule has 0 bridgehead atoms. The molecule has 0 aromatic heterocycles. The van der Waals surface area contributed by atoms with Crippen molar-refractivity contribution in [2.24, 2.45) is 0 Å². The first-order chi connectivity index (χ1) is 6.79. The van der Waals surface area contributed by atoms with E-state index in [1.54, 1.807) is 24.3 Å². The van der Waals surface area contributed by atoms with Crippen molar-refractivity contribution in [1.29, 1.82) is 0 Å². The molecule has 0 saturated carbocycles. The first-order valence-electron chi connectivity index (χ1n) is 4.37. The summed E-state index contributed by atoms with van der Waals surface area (Å²) in [6, 6.07) is 9.60. The van der Waals surface area contributed by atoms with Crippen LogP contribution in [-0.4, -0.2) is 0 Å². The van der Waals surface area contributed by atoms with Crippen molar-refractivity contribution in [3.63, 3.8) is 0 Å². The molecule has 0 heterocycles. The smallest absolute Gasteiger partial charge is 0.131 e. The Kier molecular flexibility index (Phi) is 1.32. The minimum absolute atomic E-state index is 0.347. The Balaban J connectivity index is 2.37. The second kappa shape index (κ2) is 2.41. The third-order valence-corrected chi connectivity index (χ3v) is 2.57. The van der Waals surface area contributed by atoms with E-state index in [9.17, 15) is 8.78 Å². The minimum atomic E-state index is -0.347. The van der Waals surface area contributed by atoms with Gasteiger partial charge in [-0.2, -0.15) is 0 Å². The maximum absolute atomic E-state index is 13.3. The van der Waals surface area contributed by atoms with Crippen LogP contribution in [0.5, 0.6) is 0 Å². The standard InChI is InChI=1S/C12H6F2/c13-9-5-1-3-7-8-4-2-6-10(14)12(8)11(7)9/h1-6H. The molecule has 0 radical (unpaired) electrons. The van der Waals surface area contributed by atoms with Gasteiger partial charge in [-0.25, -0.2) is 8.78 Å². The lowest BCUT2D eigenvalue weighted by Gasteiger charge is -2.24. The Labute approximate surface area is 79.8 Å². The van der Waals surface area contributed by atoms with Crippen LogP contribution in [0.2, 0.25) is 0 Å². The van der Waals surface area contributed by atoms with Gasteiger partial charge in [0.1, 0.15) is 11.6 Å². The van der Waals surface area contributed by atoms with Crippen molar-refractivity contribution in [3.8, 4) is 22.3 Å². The maximum Gasteiger partial charge on any atom is 0.131 e. The van der Waals surface area contributed by atoms with E-state index in [1.165, 1.54) is 12.1 Å². The van der Waals surface area contributed by atoms with Crippen LogP contribution in [0.25, 0.3) is 22.3 Å². The number of benzene rings is 2. The normalized spacial score (nSPS) is 11.6. The highest BCUT2D eigenvalue weighted by Crippen LogP contribution is 2.49. The molecule has 0 fully saturated rings. The molecule has 0 unspecified atom stereocenters. The summed E-state index contributed by atoms with van der Waals surface area (Å²) >= 11 is 0. The van der Waals surface area contributed by atoms with Gasteiger partial charge in [-0.05, 0) is 23.3 Å². The highest BCUT2D eigenvalue weighted by molar-refractivity contribution is 6.02. The van der Waals surface area contributed by atoms with Crippen molar-refractivity contribution in [2.45, 2.75) is 0 Å². The fraction of sp³-hybridized carbons (Fsp3) is 0. The molecule has 0 N–H and O–H groups in total. The molecule has 14 heavy (non-hydrogen) atoms. The molecule has 2 aromatic rings. The molecule has 0 nitrogen and oxygen atoms in total. The van der Waals surface area contributed by atoms with E-state index in [0.29, 0.717) is 11.1 Å². The molecule has 2 aromatic carbocycles. The molecule has 3 rings (SSSR count). The zero-order valence-corrected chi connectivity index (χ0v) is 7.22. The van der Waals surface area contributed by atoms with Gasteiger partial charge in [0.05, 0.1) is 0 Å². The largest absolute Gasteiger partial charge is 0.206 e. The monoisotopic (exact) mass is 188 g/mol. The highest BCUT2D eigenvalue weighted by atomic mass is 19.1. The van der Waals surface area contributed by atoms with Gasteiger partial charge in [-0.15, -0.1) is 0 Å². The summed E-state index contributed by atoms with van der Waals surface area (Å²) in [6.45, 7) is 0. The molecule has 68 valence electrons. The van der Waals surface area contributed by atoms with Crippen molar-refractivity contribution in [1.82, 2.24) is 0 Å². The summed E-state index contributed by atoms with van der Waals surface area (Å²) < 4.78 is 26.6. The number of hydrogen-bond donors (Lipinski definition) is 0. The second-order valence-electron chi connectivity index (χ2n) is 3.32. The third kappa shape index (κ3) is 0.757. The van der Waals surface area contributed by atoms with E-state index in [2.05, 4.69) is 0 Å². The van der Waals surface area contributed by atoms with Crippen molar-refractivity contribution in [2.75, 3.05) is 0 Å². The lowest BCUT2D eigenvalue weighted by molar-refractivity contribution is 0.614. The van der Waals surface area contributed by atoms with Crippen LogP contribution in [-0.2, 0) is 0 Å². The lowest BCUT2D eigenvalue weighted by atomic mass is 9.80. The Morgan fingerprint density at radius 2 is 1.07 bits per heavy atom. The number of fused-ring (bicyclic) bond motifs is 4. The van der Waals surface area contributed by atoms with Gasteiger partial charge in [0, 0.05) is 11.1 Å². The molecule has 1 aliphatic rings. The lowest BCUT2D eigenvalue weighted by Crippen LogP contribution is -2.03. The summed E-state index contributed by atoms with van der Waals surface area (Å²) in [5.74, 6) is -0.694. The first kappa shape index (κ1) is 7.68. The molecule has 1 aliphatic carbocycles. The number of halogens is 2. The molecule has 0 amide bonds. The van der Waals surface area contributed by atoms with E-state index in [1.807, 2.05) is 0 Å². The Hall–Kier alpha value is -1.70. The SMILES string of the molecule is Fc1cccc2c1-c1c(F)cccc1-2. The molecular weight excluding hydrogens is 182 g/mol. The summed E-state index contributed by atoms with van der Waals surface area (Å²) in [5.41, 5.74) is 2.44. The number of rotatable bonds is 0. The van der Waals surface area contributed by atoms with Gasteiger partial charge in [0.15, 0.2) is 0 Å². The molecule has 0 spiro atoms. The minimum Gasteiger partial charge on any atom is -0.206 e. The quantitative estimate of drug-likeness (QED) is 0.505. The van der Waals surface area contributed by atoms with Crippen molar-refractivity contribution < 1.29 is 8.78 Å². The van der Waals surface area contributed by atoms with E-state index >= 15 is 0 Å². The van der Waals surface area contributed by atoms with Crippen LogP contribution in [0.3, 0.4) is 0 Å². The average molecular weight is 188 g/mol. The van der Waals surface area contributed by atoms with Crippen molar-refractivity contribution in [3.05, 3.63) is 48.0 Å². The fourth-order valence-corrected chi connectivity index (χ4v) is 1.94. The fourth-order valence-electron chi connectivity index (χ4n) is 1.94. The van der Waals surface area contributed by atoms with Crippen LogP contribution < -0.4 is 0 Å². The van der Waals surface area contributed by atoms with E-state index in [-0.39, 0.29) is 11.6 Å². The average Bonchev–Trinajstić information content (AvgIpc) is 2.14. The molecule has 2 heteroatoms. The van der Waals surface area contributed by atoms with Crippen LogP contribution in [0, 0.1) is 11.6 Å². The van der Waals surface area contributed by atoms with E-state index in [4.69, 9.17) is 0 Å². The Morgan fingerprint density at radius 1 is 0.643 bits per heavy atom. The van der Waals surface area contributed by atoms with Gasteiger partial charge in [0.2, 0.25) is 0 Å². The van der Waals surface area contributed by atoms with Gasteiger partial charge in [0.25, 0.3) is 0 Å². The van der Waals surface area contributed by atoms with Crippen LogP contribution in [0.15, 0.2) is 36.4 Å². The first-order valence-corrected chi connectivity index (χ1v) is 4.37. The summed E-state index contributed by atoms with van der Waals surface area (Å²) in [7, 11) is 0. The maximum atomic E-state index is 13.3. The van der Waals surface area contributed by atoms with Crippen LogP contribution in [0.1, 0.15) is 0 Å². The number of hydrogen-bond acceptors (Lipinski definition) is 0. The predicted molar refractivity (Wildman–Crippen MR) is 50.8 cm³/mol. The highest BCUT2D eigenvalue weighted by Gasteiger charge is 2.27.